The molecule has 1 aliphatic heterocycles. The van der Waals surface area contributed by atoms with Crippen LogP contribution in [0.3, 0.4) is 0 Å². The maximum atomic E-state index is 11.9. The summed E-state index contributed by atoms with van der Waals surface area (Å²) >= 11 is 0. The van der Waals surface area contributed by atoms with Crippen molar-refractivity contribution < 1.29 is 29.3 Å². The fourth-order valence-electron chi connectivity index (χ4n) is 1.62. The first-order chi connectivity index (χ1) is 8.27. The van der Waals surface area contributed by atoms with Gasteiger partial charge in [0, 0.05) is 6.04 Å². The third kappa shape index (κ3) is 2.96. The van der Waals surface area contributed by atoms with Crippen LogP contribution in [0, 0.1) is 5.41 Å². The normalized spacial score (nSPS) is 28.7. The van der Waals surface area contributed by atoms with E-state index in [9.17, 15) is 14.4 Å². The van der Waals surface area contributed by atoms with Gasteiger partial charge in [-0.05, 0) is 6.92 Å². The molecule has 0 aliphatic carbocycles. The van der Waals surface area contributed by atoms with E-state index in [4.69, 9.17) is 20.7 Å². The summed E-state index contributed by atoms with van der Waals surface area (Å²) in [4.78, 5) is 33.3. The highest BCUT2D eigenvalue weighted by molar-refractivity contribution is 5.90. The first-order valence-corrected chi connectivity index (χ1v) is 5.36. The smallest absolute Gasteiger partial charge is 0.326 e. The molecule has 0 saturated carbocycles. The van der Waals surface area contributed by atoms with Crippen LogP contribution in [0.25, 0.3) is 0 Å². The highest BCUT2D eigenvalue weighted by atomic mass is 16.5. The lowest BCUT2D eigenvalue weighted by Gasteiger charge is -2.27. The molecule has 0 aromatic heterocycles. The van der Waals surface area contributed by atoms with E-state index < -0.39 is 41.8 Å². The summed E-state index contributed by atoms with van der Waals surface area (Å²) < 4.78 is 5.07. The fraction of sp³-hybridized carbons (Fsp3) is 0.700. The Hall–Kier alpha value is -1.67. The Labute approximate surface area is 103 Å². The van der Waals surface area contributed by atoms with Gasteiger partial charge in [-0.25, -0.2) is 4.79 Å². The second-order valence-corrected chi connectivity index (χ2v) is 4.50. The van der Waals surface area contributed by atoms with E-state index in [1.807, 2.05) is 0 Å². The lowest BCUT2D eigenvalue weighted by atomic mass is 9.84. The molecule has 102 valence electrons. The van der Waals surface area contributed by atoms with E-state index in [2.05, 4.69) is 5.32 Å². The van der Waals surface area contributed by atoms with Gasteiger partial charge in [0.15, 0.2) is 0 Å². The topological polar surface area (TPSA) is 139 Å². The number of amides is 1. The molecular formula is C10H16N2O6. The molecule has 0 spiro atoms. The highest BCUT2D eigenvalue weighted by Crippen LogP contribution is 2.27. The summed E-state index contributed by atoms with van der Waals surface area (Å²) in [5.41, 5.74) is 4.68. The average Bonchev–Trinajstić information content (AvgIpc) is 2.58. The van der Waals surface area contributed by atoms with Crippen molar-refractivity contribution in [2.75, 3.05) is 13.2 Å². The lowest BCUT2D eigenvalue weighted by molar-refractivity contribution is -0.148. The largest absolute Gasteiger partial charge is 0.481 e. The number of nitrogens with one attached hydrogen (secondary N) is 1. The minimum absolute atomic E-state index is 0.0827. The van der Waals surface area contributed by atoms with Crippen LogP contribution in [-0.2, 0) is 19.1 Å². The molecule has 5 N–H and O–H groups in total. The van der Waals surface area contributed by atoms with E-state index in [1.54, 1.807) is 6.92 Å². The van der Waals surface area contributed by atoms with Gasteiger partial charge in [-0.3, -0.25) is 9.59 Å². The zero-order valence-electron chi connectivity index (χ0n) is 9.88. The maximum Gasteiger partial charge on any atom is 0.326 e. The molecule has 1 fully saturated rings. The van der Waals surface area contributed by atoms with Crippen molar-refractivity contribution >= 4 is 17.8 Å². The van der Waals surface area contributed by atoms with Gasteiger partial charge in [0.25, 0.3) is 0 Å². The first-order valence-electron chi connectivity index (χ1n) is 5.36. The lowest BCUT2D eigenvalue weighted by Crippen LogP contribution is -2.54. The average molecular weight is 260 g/mol. The van der Waals surface area contributed by atoms with Crippen LogP contribution in [0.5, 0.6) is 0 Å². The molecule has 8 heteroatoms. The second kappa shape index (κ2) is 5.32. The number of carboxylic acids is 2. The first kappa shape index (κ1) is 14.4. The van der Waals surface area contributed by atoms with Gasteiger partial charge >= 0.3 is 11.9 Å². The third-order valence-electron chi connectivity index (χ3n) is 3.02. The van der Waals surface area contributed by atoms with E-state index in [0.29, 0.717) is 0 Å². The molecule has 1 amide bonds. The Kier molecular flexibility index (Phi) is 4.25. The number of carbonyl (C=O) groups is 3. The fourth-order valence-corrected chi connectivity index (χ4v) is 1.62. The SMILES string of the molecule is CC1(C(=O)NC(CC(=O)O)C(=O)O)COCC1N. The van der Waals surface area contributed by atoms with Gasteiger partial charge in [0.2, 0.25) is 5.91 Å². The third-order valence-corrected chi connectivity index (χ3v) is 3.02. The summed E-state index contributed by atoms with van der Waals surface area (Å²) in [6, 6.07) is -2.02. The molecular weight excluding hydrogens is 244 g/mol. The van der Waals surface area contributed by atoms with Crippen LogP contribution in [-0.4, -0.2) is 53.4 Å². The molecule has 8 nitrogen and oxygen atoms in total. The van der Waals surface area contributed by atoms with Crippen molar-refractivity contribution in [2.45, 2.75) is 25.4 Å². The van der Waals surface area contributed by atoms with Gasteiger partial charge in [0.05, 0.1) is 25.0 Å². The van der Waals surface area contributed by atoms with E-state index in [-0.39, 0.29) is 13.2 Å². The minimum Gasteiger partial charge on any atom is -0.481 e. The molecule has 18 heavy (non-hydrogen) atoms. The minimum atomic E-state index is -1.47. The number of carbonyl (C=O) groups excluding carboxylic acids is 1. The molecule has 1 saturated heterocycles. The van der Waals surface area contributed by atoms with Crippen LogP contribution >= 0.6 is 0 Å². The predicted octanol–water partition coefficient (Wildman–Crippen LogP) is -1.61. The summed E-state index contributed by atoms with van der Waals surface area (Å²) in [5.74, 6) is -3.32. The van der Waals surface area contributed by atoms with Gasteiger partial charge in [-0.2, -0.15) is 0 Å². The number of ether oxygens (including phenoxy) is 1. The van der Waals surface area contributed by atoms with Crippen molar-refractivity contribution in [3.63, 3.8) is 0 Å². The predicted molar refractivity (Wildman–Crippen MR) is 58.7 cm³/mol. The van der Waals surface area contributed by atoms with Crippen LogP contribution in [0.2, 0.25) is 0 Å². The number of nitrogens with two attached hydrogens (primary N) is 1. The summed E-state index contributed by atoms with van der Waals surface area (Å²) in [6.45, 7) is 1.85. The van der Waals surface area contributed by atoms with E-state index >= 15 is 0 Å². The van der Waals surface area contributed by atoms with Crippen LogP contribution in [0.4, 0.5) is 0 Å². The zero-order valence-corrected chi connectivity index (χ0v) is 9.88. The number of rotatable bonds is 5. The van der Waals surface area contributed by atoms with Crippen molar-refractivity contribution in [3.05, 3.63) is 0 Å². The maximum absolute atomic E-state index is 11.9. The number of hydrogen-bond acceptors (Lipinski definition) is 5. The van der Waals surface area contributed by atoms with Crippen LogP contribution < -0.4 is 11.1 Å². The van der Waals surface area contributed by atoms with Crippen molar-refractivity contribution in [2.24, 2.45) is 11.1 Å². The Morgan fingerprint density at radius 3 is 2.50 bits per heavy atom. The standard InChI is InChI=1S/C10H16N2O6/c1-10(4-18-3-6(10)11)9(17)12-5(8(15)16)2-7(13)14/h5-6H,2-4,11H2,1H3,(H,12,17)(H,13,14)(H,15,16). The molecule has 3 unspecified atom stereocenters. The summed E-state index contributed by atoms with van der Waals surface area (Å²) in [6.07, 6.45) is -0.687. The molecule has 1 rings (SSSR count). The molecule has 0 radical (unpaired) electrons. The molecule has 3 atom stereocenters. The number of carboxylic acid groups (broad SMARTS) is 2. The van der Waals surface area contributed by atoms with Gasteiger partial charge in [0.1, 0.15) is 6.04 Å². The van der Waals surface area contributed by atoms with Gasteiger partial charge in [-0.15, -0.1) is 0 Å². The second-order valence-electron chi connectivity index (χ2n) is 4.50. The number of aliphatic carboxylic acids is 2. The van der Waals surface area contributed by atoms with Crippen LogP contribution in [0.15, 0.2) is 0 Å². The van der Waals surface area contributed by atoms with Crippen molar-refractivity contribution in [1.29, 1.82) is 0 Å². The molecule has 0 aromatic rings. The quantitative estimate of drug-likeness (QED) is 0.466. The summed E-state index contributed by atoms with van der Waals surface area (Å²) in [7, 11) is 0. The van der Waals surface area contributed by atoms with Gasteiger partial charge < -0.3 is 26.0 Å². The zero-order chi connectivity index (χ0) is 13.9. The Morgan fingerprint density at radius 2 is 2.11 bits per heavy atom. The summed E-state index contributed by atoms with van der Waals surface area (Å²) in [5, 5.41) is 19.6. The number of hydrogen-bond donors (Lipinski definition) is 4. The molecule has 1 heterocycles. The van der Waals surface area contributed by atoms with Crippen molar-refractivity contribution in [1.82, 2.24) is 5.32 Å². The molecule has 0 bridgehead atoms. The Morgan fingerprint density at radius 1 is 1.50 bits per heavy atom. The van der Waals surface area contributed by atoms with E-state index in [0.717, 1.165) is 0 Å². The van der Waals surface area contributed by atoms with Gasteiger partial charge in [-0.1, -0.05) is 0 Å². The highest BCUT2D eigenvalue weighted by Gasteiger charge is 2.45. The van der Waals surface area contributed by atoms with E-state index in [1.165, 1.54) is 0 Å². The van der Waals surface area contributed by atoms with Crippen molar-refractivity contribution in [3.8, 4) is 0 Å². The van der Waals surface area contributed by atoms with Crippen LogP contribution in [0.1, 0.15) is 13.3 Å². The Balaban J connectivity index is 2.72. The monoisotopic (exact) mass is 260 g/mol. The molecule has 1 aliphatic rings. The Bertz CT molecular complexity index is 371. The molecule has 0 aromatic carbocycles.